The number of nitrogen functional groups attached to an aromatic ring is 1. The summed E-state index contributed by atoms with van der Waals surface area (Å²) in [6.07, 6.45) is 0. The zero-order valence-electron chi connectivity index (χ0n) is 11.0. The first-order valence-electron chi connectivity index (χ1n) is 6.30. The van der Waals surface area contributed by atoms with Crippen LogP contribution < -0.4 is 14.8 Å². The lowest BCUT2D eigenvalue weighted by molar-refractivity contribution is 0.316. The molecule has 0 bridgehead atoms. The molecule has 3 rings (SSSR count). The van der Waals surface area contributed by atoms with Crippen molar-refractivity contribution in [1.82, 2.24) is 0 Å². The fraction of sp³-hybridized carbons (Fsp3) is 0.143. The summed E-state index contributed by atoms with van der Waals surface area (Å²) < 4.78 is 46.0. The number of halogens is 1. The van der Waals surface area contributed by atoms with Crippen molar-refractivity contribution in [2.75, 3.05) is 23.2 Å². The molecule has 0 radical (unpaired) electrons. The van der Waals surface area contributed by atoms with Crippen LogP contribution in [0.2, 0.25) is 0 Å². The maximum Gasteiger partial charge on any atom is 0.269 e. The van der Waals surface area contributed by atoms with Crippen molar-refractivity contribution in [1.29, 1.82) is 0 Å². The van der Waals surface area contributed by atoms with E-state index in [4.69, 9.17) is 10.5 Å². The summed E-state index contributed by atoms with van der Waals surface area (Å²) in [5, 5.41) is 0. The highest BCUT2D eigenvalue weighted by Crippen LogP contribution is 2.36. The summed E-state index contributed by atoms with van der Waals surface area (Å²) in [6, 6.07) is 10.5. The Morgan fingerprint density at radius 2 is 1.90 bits per heavy atom. The maximum atomic E-state index is 14.0. The van der Waals surface area contributed by atoms with Crippen molar-refractivity contribution >= 4 is 21.4 Å². The van der Waals surface area contributed by atoms with Crippen molar-refractivity contribution in [2.45, 2.75) is 4.90 Å². The van der Waals surface area contributed by atoms with Gasteiger partial charge < -0.3 is 10.5 Å². The third-order valence-corrected chi connectivity index (χ3v) is 5.14. The molecule has 1 aliphatic rings. The molecular formula is C14H13FN2O3S. The van der Waals surface area contributed by atoms with Gasteiger partial charge in [0, 0.05) is 0 Å². The number of anilines is 2. The van der Waals surface area contributed by atoms with Crippen LogP contribution in [0.5, 0.6) is 5.75 Å². The minimum Gasteiger partial charge on any atom is -0.489 e. The number of ether oxygens (including phenoxy) is 1. The summed E-state index contributed by atoms with van der Waals surface area (Å²) in [7, 11) is -4.08. The molecule has 0 unspecified atom stereocenters. The molecule has 2 aromatic rings. The van der Waals surface area contributed by atoms with Gasteiger partial charge >= 0.3 is 0 Å². The molecule has 0 saturated carbocycles. The van der Waals surface area contributed by atoms with Crippen molar-refractivity contribution in [3.8, 4) is 5.75 Å². The van der Waals surface area contributed by atoms with E-state index in [0.717, 1.165) is 10.4 Å². The smallest absolute Gasteiger partial charge is 0.269 e. The Bertz CT molecular complexity index is 772. The summed E-state index contributed by atoms with van der Waals surface area (Å²) >= 11 is 0. The van der Waals surface area contributed by atoms with Gasteiger partial charge in [-0.15, -0.1) is 0 Å². The van der Waals surface area contributed by atoms with Crippen LogP contribution in [0.1, 0.15) is 0 Å². The Morgan fingerprint density at radius 3 is 2.67 bits per heavy atom. The SMILES string of the molecule is Nc1cccc(F)c1S(=O)(=O)N1CCOc2ccccc21. The number of sulfonamides is 1. The Morgan fingerprint density at radius 1 is 1.14 bits per heavy atom. The molecule has 5 nitrogen and oxygen atoms in total. The van der Waals surface area contributed by atoms with Gasteiger partial charge in [-0.05, 0) is 24.3 Å². The maximum absolute atomic E-state index is 14.0. The number of para-hydroxylation sites is 2. The lowest BCUT2D eigenvalue weighted by Crippen LogP contribution is -2.38. The first-order valence-corrected chi connectivity index (χ1v) is 7.74. The van der Waals surface area contributed by atoms with Crippen LogP contribution in [0.25, 0.3) is 0 Å². The molecule has 0 saturated heterocycles. The van der Waals surface area contributed by atoms with E-state index in [0.29, 0.717) is 11.4 Å². The van der Waals surface area contributed by atoms with E-state index in [2.05, 4.69) is 0 Å². The van der Waals surface area contributed by atoms with Crippen molar-refractivity contribution in [3.63, 3.8) is 0 Å². The minimum atomic E-state index is -4.08. The number of nitrogens with two attached hydrogens (primary N) is 1. The largest absolute Gasteiger partial charge is 0.489 e. The van der Waals surface area contributed by atoms with E-state index in [9.17, 15) is 12.8 Å². The Labute approximate surface area is 121 Å². The van der Waals surface area contributed by atoms with E-state index in [-0.39, 0.29) is 18.8 Å². The molecule has 0 amide bonds. The van der Waals surface area contributed by atoms with E-state index in [1.807, 2.05) is 0 Å². The van der Waals surface area contributed by atoms with Crippen LogP contribution >= 0.6 is 0 Å². The molecule has 21 heavy (non-hydrogen) atoms. The number of hydrogen-bond donors (Lipinski definition) is 1. The van der Waals surface area contributed by atoms with Crippen LogP contribution in [0, 0.1) is 5.82 Å². The van der Waals surface area contributed by atoms with Crippen LogP contribution in [0.3, 0.4) is 0 Å². The fourth-order valence-corrected chi connectivity index (χ4v) is 3.93. The molecule has 0 aliphatic carbocycles. The second kappa shape index (κ2) is 4.92. The second-order valence-corrected chi connectivity index (χ2v) is 6.35. The first kappa shape index (κ1) is 13.7. The van der Waals surface area contributed by atoms with E-state index >= 15 is 0 Å². The van der Waals surface area contributed by atoms with Gasteiger partial charge in [0.25, 0.3) is 10.0 Å². The molecular weight excluding hydrogens is 295 g/mol. The van der Waals surface area contributed by atoms with Gasteiger partial charge in [-0.3, -0.25) is 4.31 Å². The fourth-order valence-electron chi connectivity index (χ4n) is 2.30. The minimum absolute atomic E-state index is 0.104. The zero-order valence-corrected chi connectivity index (χ0v) is 11.8. The van der Waals surface area contributed by atoms with Crippen LogP contribution in [0.15, 0.2) is 47.4 Å². The van der Waals surface area contributed by atoms with E-state index in [1.165, 1.54) is 12.1 Å². The van der Waals surface area contributed by atoms with Gasteiger partial charge in [0.05, 0.1) is 17.9 Å². The number of benzene rings is 2. The van der Waals surface area contributed by atoms with Crippen molar-refractivity contribution in [3.05, 3.63) is 48.3 Å². The quantitative estimate of drug-likeness (QED) is 0.861. The summed E-state index contributed by atoms with van der Waals surface area (Å²) in [5.41, 5.74) is 5.93. The number of fused-ring (bicyclic) bond motifs is 1. The first-order chi connectivity index (χ1) is 10.0. The number of nitrogens with zero attached hydrogens (tertiary/aromatic N) is 1. The lowest BCUT2D eigenvalue weighted by atomic mass is 10.2. The van der Waals surface area contributed by atoms with E-state index < -0.39 is 20.7 Å². The van der Waals surface area contributed by atoms with Gasteiger partial charge in [-0.2, -0.15) is 0 Å². The van der Waals surface area contributed by atoms with Gasteiger partial charge in [-0.1, -0.05) is 18.2 Å². The molecule has 0 atom stereocenters. The predicted molar refractivity (Wildman–Crippen MR) is 77.3 cm³/mol. The van der Waals surface area contributed by atoms with Gasteiger partial charge in [-0.25, -0.2) is 12.8 Å². The summed E-state index contributed by atoms with van der Waals surface area (Å²) in [4.78, 5) is -0.498. The molecule has 0 spiro atoms. The monoisotopic (exact) mass is 308 g/mol. The summed E-state index contributed by atoms with van der Waals surface area (Å²) in [6.45, 7) is 0.303. The predicted octanol–water partition coefficient (Wildman–Crippen LogP) is 2.00. The van der Waals surface area contributed by atoms with Crippen LogP contribution in [-0.4, -0.2) is 21.6 Å². The molecule has 2 N–H and O–H groups in total. The zero-order chi connectivity index (χ0) is 15.0. The molecule has 1 aliphatic heterocycles. The number of hydrogen-bond acceptors (Lipinski definition) is 4. The van der Waals surface area contributed by atoms with Gasteiger partial charge in [0.15, 0.2) is 0 Å². The molecule has 2 aromatic carbocycles. The van der Waals surface area contributed by atoms with Crippen LogP contribution in [-0.2, 0) is 10.0 Å². The van der Waals surface area contributed by atoms with Crippen molar-refractivity contribution in [2.24, 2.45) is 0 Å². The molecule has 7 heteroatoms. The standard InChI is InChI=1S/C14H13FN2O3S/c15-10-4-3-5-11(16)14(10)21(18,19)17-8-9-20-13-7-2-1-6-12(13)17/h1-7H,8-9,16H2. The molecule has 0 aromatic heterocycles. The normalized spacial score (nSPS) is 14.4. The molecule has 0 fully saturated rings. The Balaban J connectivity index is 2.17. The van der Waals surface area contributed by atoms with E-state index in [1.54, 1.807) is 24.3 Å². The topological polar surface area (TPSA) is 72.6 Å². The third-order valence-electron chi connectivity index (χ3n) is 3.23. The Hall–Kier alpha value is -2.28. The van der Waals surface area contributed by atoms with Crippen LogP contribution in [0.4, 0.5) is 15.8 Å². The van der Waals surface area contributed by atoms with Gasteiger partial charge in [0.1, 0.15) is 23.1 Å². The second-order valence-electron chi connectivity index (χ2n) is 4.55. The lowest BCUT2D eigenvalue weighted by Gasteiger charge is -2.30. The highest BCUT2D eigenvalue weighted by Gasteiger charge is 2.33. The molecule has 110 valence electrons. The highest BCUT2D eigenvalue weighted by atomic mass is 32.2. The third kappa shape index (κ3) is 2.19. The molecule has 1 heterocycles. The average molecular weight is 308 g/mol. The van der Waals surface area contributed by atoms with Gasteiger partial charge in [0.2, 0.25) is 0 Å². The van der Waals surface area contributed by atoms with Crippen molar-refractivity contribution < 1.29 is 17.5 Å². The Kier molecular flexibility index (Phi) is 3.21. The average Bonchev–Trinajstić information content (AvgIpc) is 2.46. The number of rotatable bonds is 2. The highest BCUT2D eigenvalue weighted by molar-refractivity contribution is 7.93. The summed E-state index contributed by atoms with van der Waals surface area (Å²) in [5.74, 6) is -0.416.